The molecule has 0 spiro atoms. The van der Waals surface area contributed by atoms with Crippen LogP contribution in [0.2, 0.25) is 0 Å². The lowest BCUT2D eigenvalue weighted by Gasteiger charge is -2.08. The van der Waals surface area contributed by atoms with Crippen LogP contribution in [0.15, 0.2) is 11.4 Å². The molecule has 1 atom stereocenters. The molecule has 7 heteroatoms. The Morgan fingerprint density at radius 3 is 2.95 bits per heavy atom. The van der Waals surface area contributed by atoms with E-state index in [0.717, 1.165) is 5.75 Å². The second kappa shape index (κ2) is 8.19. The van der Waals surface area contributed by atoms with Gasteiger partial charge in [-0.3, -0.25) is 4.79 Å². The van der Waals surface area contributed by atoms with Gasteiger partial charge in [-0.15, -0.1) is 11.3 Å². The van der Waals surface area contributed by atoms with Gasteiger partial charge in [0.25, 0.3) is 0 Å². The normalized spacial score (nSPS) is 11.9. The van der Waals surface area contributed by atoms with Crippen molar-refractivity contribution in [3.05, 3.63) is 16.3 Å². The van der Waals surface area contributed by atoms with Crippen LogP contribution >= 0.6 is 23.1 Å². The highest BCUT2D eigenvalue weighted by molar-refractivity contribution is 7.99. The van der Waals surface area contributed by atoms with E-state index in [2.05, 4.69) is 10.1 Å². The standard InChI is InChI=1S/C12H17NO4S2/c1-8(5-14)6-18-7-10(15)13-9-3-4-19-11(9)12(16)17-2/h3-4,8,14H,5-7H2,1-2H3,(H,13,15)/t8-/m1/s1. The summed E-state index contributed by atoms with van der Waals surface area (Å²) in [6.45, 7) is 2.03. The largest absolute Gasteiger partial charge is 0.465 e. The minimum absolute atomic E-state index is 0.117. The van der Waals surface area contributed by atoms with Crippen LogP contribution in [0.25, 0.3) is 0 Å². The molecule has 19 heavy (non-hydrogen) atoms. The average Bonchev–Trinajstić information content (AvgIpc) is 2.85. The number of nitrogens with one attached hydrogen (secondary N) is 1. The fourth-order valence-corrected chi connectivity index (χ4v) is 2.90. The zero-order chi connectivity index (χ0) is 14.3. The molecule has 0 bridgehead atoms. The van der Waals surface area contributed by atoms with E-state index in [1.807, 2.05) is 6.92 Å². The number of rotatable bonds is 7. The van der Waals surface area contributed by atoms with Crippen LogP contribution in [0.5, 0.6) is 0 Å². The van der Waals surface area contributed by atoms with E-state index >= 15 is 0 Å². The quantitative estimate of drug-likeness (QED) is 0.752. The Morgan fingerprint density at radius 2 is 2.32 bits per heavy atom. The lowest BCUT2D eigenvalue weighted by molar-refractivity contribution is -0.113. The number of thiophene rings is 1. The van der Waals surface area contributed by atoms with E-state index in [1.165, 1.54) is 30.2 Å². The molecule has 1 rings (SSSR count). The highest BCUT2D eigenvalue weighted by atomic mass is 32.2. The van der Waals surface area contributed by atoms with E-state index in [-0.39, 0.29) is 18.4 Å². The van der Waals surface area contributed by atoms with Crippen molar-refractivity contribution in [3.63, 3.8) is 0 Å². The van der Waals surface area contributed by atoms with Gasteiger partial charge in [0.2, 0.25) is 5.91 Å². The molecule has 0 saturated heterocycles. The number of carbonyl (C=O) groups excluding carboxylic acids is 2. The van der Waals surface area contributed by atoms with Gasteiger partial charge in [0.1, 0.15) is 4.88 Å². The fourth-order valence-electron chi connectivity index (χ4n) is 1.25. The molecule has 106 valence electrons. The minimum atomic E-state index is -0.452. The topological polar surface area (TPSA) is 75.6 Å². The first-order valence-electron chi connectivity index (χ1n) is 5.72. The van der Waals surface area contributed by atoms with Crippen molar-refractivity contribution in [3.8, 4) is 0 Å². The van der Waals surface area contributed by atoms with E-state index in [1.54, 1.807) is 11.4 Å². The summed E-state index contributed by atoms with van der Waals surface area (Å²) in [6.07, 6.45) is 0. The summed E-state index contributed by atoms with van der Waals surface area (Å²) in [5.74, 6) is 0.563. The number of aliphatic hydroxyl groups is 1. The molecule has 0 fully saturated rings. The Bertz CT molecular complexity index is 433. The van der Waals surface area contributed by atoms with Crippen LogP contribution in [0.1, 0.15) is 16.6 Å². The lowest BCUT2D eigenvalue weighted by atomic mass is 10.2. The first kappa shape index (κ1) is 16.0. The number of methoxy groups -OCH3 is 1. The van der Waals surface area contributed by atoms with Crippen molar-refractivity contribution in [1.29, 1.82) is 0 Å². The van der Waals surface area contributed by atoms with E-state index in [9.17, 15) is 9.59 Å². The Morgan fingerprint density at radius 1 is 1.58 bits per heavy atom. The van der Waals surface area contributed by atoms with Gasteiger partial charge in [0, 0.05) is 6.61 Å². The molecule has 1 heterocycles. The van der Waals surface area contributed by atoms with Crippen molar-refractivity contribution in [2.24, 2.45) is 5.92 Å². The maximum Gasteiger partial charge on any atom is 0.350 e. The van der Waals surface area contributed by atoms with Gasteiger partial charge >= 0.3 is 5.97 Å². The summed E-state index contributed by atoms with van der Waals surface area (Å²) < 4.78 is 4.63. The molecule has 0 aromatic carbocycles. The van der Waals surface area contributed by atoms with Crippen molar-refractivity contribution < 1.29 is 19.4 Å². The van der Waals surface area contributed by atoms with Gasteiger partial charge in [0.15, 0.2) is 0 Å². The molecule has 0 aliphatic heterocycles. The Balaban J connectivity index is 2.44. The van der Waals surface area contributed by atoms with Crippen LogP contribution in [-0.2, 0) is 9.53 Å². The van der Waals surface area contributed by atoms with Gasteiger partial charge in [-0.1, -0.05) is 6.92 Å². The van der Waals surface area contributed by atoms with Crippen LogP contribution in [-0.4, -0.2) is 42.2 Å². The van der Waals surface area contributed by atoms with Crippen molar-refractivity contribution in [2.45, 2.75) is 6.92 Å². The number of hydrogen-bond acceptors (Lipinski definition) is 6. The highest BCUT2D eigenvalue weighted by Crippen LogP contribution is 2.23. The number of anilines is 1. The third-order valence-corrected chi connectivity index (χ3v) is 4.42. The average molecular weight is 303 g/mol. The molecule has 1 aromatic heterocycles. The SMILES string of the molecule is COC(=O)c1sccc1NC(=O)CSC[C@H](C)CO. The molecule has 5 nitrogen and oxygen atoms in total. The molecule has 0 aliphatic rings. The third-order valence-electron chi connectivity index (χ3n) is 2.26. The van der Waals surface area contributed by atoms with Gasteiger partial charge in [-0.25, -0.2) is 4.79 Å². The van der Waals surface area contributed by atoms with Crippen molar-refractivity contribution in [2.75, 3.05) is 30.5 Å². The van der Waals surface area contributed by atoms with Crippen LogP contribution in [0.4, 0.5) is 5.69 Å². The molecule has 0 saturated carbocycles. The summed E-state index contributed by atoms with van der Waals surface area (Å²) in [4.78, 5) is 23.5. The Hall–Kier alpha value is -1.05. The van der Waals surface area contributed by atoms with Gasteiger partial charge < -0.3 is 15.2 Å². The first-order valence-corrected chi connectivity index (χ1v) is 7.76. The zero-order valence-corrected chi connectivity index (χ0v) is 12.5. The van der Waals surface area contributed by atoms with E-state index in [4.69, 9.17) is 5.11 Å². The van der Waals surface area contributed by atoms with Gasteiger partial charge in [-0.05, 0) is 23.1 Å². The first-order chi connectivity index (χ1) is 9.08. The monoisotopic (exact) mass is 303 g/mol. The minimum Gasteiger partial charge on any atom is -0.465 e. The van der Waals surface area contributed by atoms with Gasteiger partial charge in [0.05, 0.1) is 18.6 Å². The number of carbonyl (C=O) groups is 2. The number of aliphatic hydroxyl groups excluding tert-OH is 1. The molecule has 2 N–H and O–H groups in total. The Kier molecular flexibility index (Phi) is 6.90. The fraction of sp³-hybridized carbons (Fsp3) is 0.500. The Labute approximate surface area is 120 Å². The third kappa shape index (κ3) is 5.22. The number of hydrogen-bond donors (Lipinski definition) is 2. The lowest BCUT2D eigenvalue weighted by Crippen LogP contribution is -2.17. The number of thioether (sulfide) groups is 1. The van der Waals surface area contributed by atoms with E-state index in [0.29, 0.717) is 16.3 Å². The molecule has 1 amide bonds. The van der Waals surface area contributed by atoms with Crippen molar-refractivity contribution >= 4 is 40.7 Å². The summed E-state index contributed by atoms with van der Waals surface area (Å²) in [5, 5.41) is 13.3. The van der Waals surface area contributed by atoms with Crippen LogP contribution in [0.3, 0.4) is 0 Å². The predicted octanol–water partition coefficient (Wildman–Crippen LogP) is 1.83. The summed E-state index contributed by atoms with van der Waals surface area (Å²) in [6, 6.07) is 1.68. The van der Waals surface area contributed by atoms with Crippen molar-refractivity contribution in [1.82, 2.24) is 0 Å². The second-order valence-electron chi connectivity index (χ2n) is 4.01. The molecular weight excluding hydrogens is 286 g/mol. The molecule has 0 aliphatic carbocycles. The van der Waals surface area contributed by atoms with E-state index < -0.39 is 5.97 Å². The number of ether oxygens (including phenoxy) is 1. The summed E-state index contributed by atoms with van der Waals surface area (Å²) in [7, 11) is 1.31. The maximum atomic E-state index is 11.7. The smallest absolute Gasteiger partial charge is 0.350 e. The zero-order valence-electron chi connectivity index (χ0n) is 10.8. The van der Waals surface area contributed by atoms with Crippen LogP contribution < -0.4 is 5.32 Å². The molecule has 0 radical (unpaired) electrons. The summed E-state index contributed by atoms with van der Waals surface area (Å²) in [5.41, 5.74) is 0.484. The molecular formula is C12H17NO4S2. The number of amides is 1. The molecule has 0 unspecified atom stereocenters. The molecule has 1 aromatic rings. The maximum absolute atomic E-state index is 11.7. The van der Waals surface area contributed by atoms with Crippen LogP contribution in [0, 0.1) is 5.92 Å². The second-order valence-corrected chi connectivity index (χ2v) is 5.95. The predicted molar refractivity (Wildman–Crippen MR) is 77.9 cm³/mol. The summed E-state index contributed by atoms with van der Waals surface area (Å²) >= 11 is 2.68. The van der Waals surface area contributed by atoms with Gasteiger partial charge in [-0.2, -0.15) is 11.8 Å². The number of esters is 1. The highest BCUT2D eigenvalue weighted by Gasteiger charge is 2.15.